The van der Waals surface area contributed by atoms with E-state index in [0.717, 1.165) is 24.8 Å². The Balaban J connectivity index is 1.52. The van der Waals surface area contributed by atoms with Crippen LogP contribution in [0.4, 0.5) is 0 Å². The fourth-order valence-electron chi connectivity index (χ4n) is 8.57. The number of aliphatic hydroxyl groups is 4. The Bertz CT molecular complexity index is 812. The van der Waals surface area contributed by atoms with Gasteiger partial charge in [-0.05, 0) is 87.9 Å². The first kappa shape index (κ1) is 27.3. The second kappa shape index (κ2) is 10.2. The van der Waals surface area contributed by atoms with Crippen molar-refractivity contribution in [1.29, 1.82) is 0 Å². The van der Waals surface area contributed by atoms with Gasteiger partial charge >= 0.3 is 0 Å². The number of allylic oxidation sites excluding steroid dienone is 3. The van der Waals surface area contributed by atoms with Crippen LogP contribution in [0.3, 0.4) is 0 Å². The lowest BCUT2D eigenvalue weighted by molar-refractivity contribution is -0.162. The highest BCUT2D eigenvalue weighted by Gasteiger charge is 2.60. The molecule has 0 heterocycles. The fourth-order valence-corrected chi connectivity index (χ4v) is 8.57. The molecule has 0 aliphatic heterocycles. The number of hydrogen-bond acceptors (Lipinski definition) is 5. The summed E-state index contributed by atoms with van der Waals surface area (Å²) < 4.78 is 5.93. The van der Waals surface area contributed by atoms with Crippen molar-refractivity contribution in [2.75, 3.05) is 13.2 Å². The number of fused-ring (bicyclic) bond motifs is 5. The van der Waals surface area contributed by atoms with Crippen molar-refractivity contribution >= 4 is 0 Å². The van der Waals surface area contributed by atoms with Crippen LogP contribution in [0.2, 0.25) is 0 Å². The first-order valence-electron chi connectivity index (χ1n) is 14.2. The quantitative estimate of drug-likeness (QED) is 0.350. The lowest BCUT2D eigenvalue weighted by atomic mass is 9.49. The number of ether oxygens (including phenoxy) is 1. The predicted octanol–water partition coefficient (Wildman–Crippen LogP) is 4.77. The molecular formula is C30H50O5. The minimum atomic E-state index is -0.757. The van der Waals surface area contributed by atoms with Crippen molar-refractivity contribution < 1.29 is 25.2 Å². The lowest BCUT2D eigenvalue weighted by Crippen LogP contribution is -2.59. The van der Waals surface area contributed by atoms with Crippen molar-refractivity contribution in [3.05, 3.63) is 23.3 Å². The molecular weight excluding hydrogens is 440 g/mol. The van der Waals surface area contributed by atoms with Gasteiger partial charge in [0, 0.05) is 18.6 Å². The van der Waals surface area contributed by atoms with E-state index in [-0.39, 0.29) is 17.9 Å². The van der Waals surface area contributed by atoms with Crippen LogP contribution in [-0.2, 0) is 4.74 Å². The maximum absolute atomic E-state index is 11.6. The summed E-state index contributed by atoms with van der Waals surface area (Å²) >= 11 is 0. The van der Waals surface area contributed by atoms with Crippen LogP contribution in [0, 0.1) is 34.5 Å². The molecule has 5 nitrogen and oxygen atoms in total. The predicted molar refractivity (Wildman–Crippen MR) is 139 cm³/mol. The van der Waals surface area contributed by atoms with E-state index in [2.05, 4.69) is 32.9 Å². The van der Waals surface area contributed by atoms with E-state index in [4.69, 9.17) is 9.84 Å². The molecule has 0 spiro atoms. The molecule has 9 atom stereocenters. The Morgan fingerprint density at radius 3 is 2.51 bits per heavy atom. The van der Waals surface area contributed by atoms with Gasteiger partial charge in [0.1, 0.15) is 6.10 Å². The fraction of sp³-hybridized carbons (Fsp3) is 0.867. The average Bonchev–Trinajstić information content (AvgIpc) is 3.14. The molecule has 0 saturated heterocycles. The molecule has 0 aromatic rings. The van der Waals surface area contributed by atoms with Gasteiger partial charge in [-0.2, -0.15) is 0 Å². The van der Waals surface area contributed by atoms with Crippen LogP contribution >= 0.6 is 0 Å². The zero-order valence-electron chi connectivity index (χ0n) is 22.7. The van der Waals surface area contributed by atoms with Gasteiger partial charge in [0.15, 0.2) is 0 Å². The van der Waals surface area contributed by atoms with E-state index >= 15 is 0 Å². The molecule has 4 rings (SSSR count). The Kier molecular flexibility index (Phi) is 7.97. The third kappa shape index (κ3) is 4.93. The Labute approximate surface area is 212 Å². The summed E-state index contributed by atoms with van der Waals surface area (Å²) in [6.45, 7) is 11.4. The van der Waals surface area contributed by atoms with Crippen LogP contribution < -0.4 is 0 Å². The molecule has 3 fully saturated rings. The second-order valence-electron chi connectivity index (χ2n) is 13.3. The van der Waals surface area contributed by atoms with Gasteiger partial charge in [0.05, 0.1) is 17.8 Å². The highest BCUT2D eigenvalue weighted by molar-refractivity contribution is 5.40. The zero-order chi connectivity index (χ0) is 25.6. The van der Waals surface area contributed by atoms with Gasteiger partial charge in [-0.1, -0.05) is 56.9 Å². The van der Waals surface area contributed by atoms with E-state index in [1.165, 1.54) is 31.3 Å². The monoisotopic (exact) mass is 490 g/mol. The molecule has 0 aromatic carbocycles. The maximum Gasteiger partial charge on any atom is 0.110 e. The number of aliphatic hydroxyl groups excluding tert-OH is 3. The Morgan fingerprint density at radius 2 is 1.83 bits per heavy atom. The standard InChI is InChI=1S/C30H50O5/c1-19(8-6-14-28(2,3)34)22-11-12-23-21-10-9-20-18-25(32)26(35-17-7-16-31)27(33)30(20,5)24(21)13-15-29(22,23)4/h9-10,19,22-27,31-34H,6-8,11-18H2,1-5H3/t19-,22-,23+,24-,25-,26-,27+,29-,30-/m1/s1. The summed E-state index contributed by atoms with van der Waals surface area (Å²) in [5.41, 5.74) is 1.96. The van der Waals surface area contributed by atoms with E-state index in [0.29, 0.717) is 37.2 Å². The van der Waals surface area contributed by atoms with Crippen LogP contribution in [-0.4, -0.2) is 57.6 Å². The summed E-state index contributed by atoms with van der Waals surface area (Å²) in [6, 6.07) is 0. The minimum Gasteiger partial charge on any atom is -0.396 e. The van der Waals surface area contributed by atoms with Crippen LogP contribution in [0.15, 0.2) is 23.3 Å². The van der Waals surface area contributed by atoms with Gasteiger partial charge in [-0.25, -0.2) is 0 Å². The first-order valence-corrected chi connectivity index (χ1v) is 14.2. The SMILES string of the molecule is C[C@H](CCCC(C)(C)O)[C@H]1CC[C@H]2C3=CC=C4C[C@@H](O)[C@@H](OCCCO)[C@H](O)[C@@]4(C)[C@@H]3CC[C@]12C. The highest BCUT2D eigenvalue weighted by Crippen LogP contribution is 2.66. The summed E-state index contributed by atoms with van der Waals surface area (Å²) in [6.07, 6.45) is 11.3. The van der Waals surface area contributed by atoms with Gasteiger partial charge in [0.2, 0.25) is 0 Å². The second-order valence-corrected chi connectivity index (χ2v) is 13.3. The topological polar surface area (TPSA) is 90.2 Å². The molecule has 0 bridgehead atoms. The zero-order valence-corrected chi connectivity index (χ0v) is 22.7. The third-order valence-electron chi connectivity index (χ3n) is 10.6. The highest BCUT2D eigenvalue weighted by atomic mass is 16.5. The Hall–Kier alpha value is -0.720. The van der Waals surface area contributed by atoms with E-state index < -0.39 is 29.3 Å². The summed E-state index contributed by atoms with van der Waals surface area (Å²) in [5, 5.41) is 41.6. The van der Waals surface area contributed by atoms with Crippen molar-refractivity contribution in [3.8, 4) is 0 Å². The van der Waals surface area contributed by atoms with Gasteiger partial charge in [-0.15, -0.1) is 0 Å². The molecule has 4 aliphatic rings. The van der Waals surface area contributed by atoms with Crippen molar-refractivity contribution in [3.63, 3.8) is 0 Å². The first-order chi connectivity index (χ1) is 16.4. The normalized spacial score (nSPS) is 42.0. The molecule has 4 aliphatic carbocycles. The van der Waals surface area contributed by atoms with Crippen molar-refractivity contribution in [2.24, 2.45) is 34.5 Å². The van der Waals surface area contributed by atoms with Gasteiger partial charge in [0.25, 0.3) is 0 Å². The smallest absolute Gasteiger partial charge is 0.110 e. The lowest BCUT2D eigenvalue weighted by Gasteiger charge is -2.57. The largest absolute Gasteiger partial charge is 0.396 e. The minimum absolute atomic E-state index is 0.0501. The van der Waals surface area contributed by atoms with E-state index in [1.807, 2.05) is 13.8 Å². The third-order valence-corrected chi connectivity index (χ3v) is 10.6. The number of rotatable bonds is 9. The molecule has 5 heteroatoms. The molecule has 0 unspecified atom stereocenters. The average molecular weight is 491 g/mol. The van der Waals surface area contributed by atoms with Gasteiger partial charge in [-0.3, -0.25) is 0 Å². The van der Waals surface area contributed by atoms with Crippen LogP contribution in [0.25, 0.3) is 0 Å². The Morgan fingerprint density at radius 1 is 1.09 bits per heavy atom. The van der Waals surface area contributed by atoms with Gasteiger partial charge < -0.3 is 25.2 Å². The van der Waals surface area contributed by atoms with E-state index in [9.17, 15) is 15.3 Å². The van der Waals surface area contributed by atoms with Crippen LogP contribution in [0.5, 0.6) is 0 Å². The van der Waals surface area contributed by atoms with Crippen molar-refractivity contribution in [2.45, 2.75) is 116 Å². The summed E-state index contributed by atoms with van der Waals surface area (Å²) in [7, 11) is 0. The molecule has 35 heavy (non-hydrogen) atoms. The molecule has 0 aromatic heterocycles. The summed E-state index contributed by atoms with van der Waals surface area (Å²) in [5.74, 6) is 2.18. The molecule has 0 radical (unpaired) electrons. The van der Waals surface area contributed by atoms with Crippen LogP contribution in [0.1, 0.15) is 92.4 Å². The summed E-state index contributed by atoms with van der Waals surface area (Å²) in [4.78, 5) is 0. The molecule has 4 N–H and O–H groups in total. The molecule has 3 saturated carbocycles. The van der Waals surface area contributed by atoms with Crippen molar-refractivity contribution in [1.82, 2.24) is 0 Å². The molecule has 200 valence electrons. The maximum atomic E-state index is 11.6. The molecule has 0 amide bonds. The van der Waals surface area contributed by atoms with E-state index in [1.54, 1.807) is 0 Å². The number of hydrogen-bond donors (Lipinski definition) is 4.